The monoisotopic (exact) mass is 297 g/mol. The number of hydrogen-bond acceptors (Lipinski definition) is 3. The Hall–Kier alpha value is -2.27. The normalized spacial score (nSPS) is 10.7. The zero-order valence-corrected chi connectivity index (χ0v) is 12.4. The summed E-state index contributed by atoms with van der Waals surface area (Å²) in [6.07, 6.45) is 2.04. The molecule has 2 aromatic carbocycles. The van der Waals surface area contributed by atoms with Crippen molar-refractivity contribution in [1.29, 1.82) is 0 Å². The first-order valence-electron chi connectivity index (χ1n) is 6.60. The third-order valence-corrected chi connectivity index (χ3v) is 3.74. The van der Waals surface area contributed by atoms with Crippen molar-refractivity contribution in [3.8, 4) is 0 Å². The molecular formula is C16H15N3OS. The molecule has 4 nitrogen and oxygen atoms in total. The minimum absolute atomic E-state index is 0.156. The van der Waals surface area contributed by atoms with Gasteiger partial charge in [-0.15, -0.1) is 0 Å². The van der Waals surface area contributed by atoms with Gasteiger partial charge in [-0.2, -0.15) is 11.8 Å². The van der Waals surface area contributed by atoms with Gasteiger partial charge >= 0.3 is 0 Å². The minimum Gasteiger partial charge on any atom is -0.324 e. The van der Waals surface area contributed by atoms with Gasteiger partial charge in [0.2, 0.25) is 5.95 Å². The molecule has 3 rings (SSSR count). The van der Waals surface area contributed by atoms with E-state index >= 15 is 0 Å². The van der Waals surface area contributed by atoms with Crippen LogP contribution in [0.4, 0.5) is 5.95 Å². The molecule has 5 heteroatoms. The lowest BCUT2D eigenvalue weighted by Gasteiger charge is -2.04. The number of thioether (sulfide) groups is 1. The highest BCUT2D eigenvalue weighted by molar-refractivity contribution is 7.97. The third-order valence-electron chi connectivity index (χ3n) is 3.12. The van der Waals surface area contributed by atoms with Crippen LogP contribution in [-0.4, -0.2) is 22.1 Å². The molecule has 2 N–H and O–H groups in total. The maximum atomic E-state index is 12.3. The van der Waals surface area contributed by atoms with Gasteiger partial charge in [0, 0.05) is 11.3 Å². The Morgan fingerprint density at radius 2 is 2.10 bits per heavy atom. The summed E-state index contributed by atoms with van der Waals surface area (Å²) in [4.78, 5) is 19.7. The van der Waals surface area contributed by atoms with E-state index < -0.39 is 0 Å². The van der Waals surface area contributed by atoms with Gasteiger partial charge in [0.1, 0.15) is 0 Å². The van der Waals surface area contributed by atoms with E-state index in [9.17, 15) is 4.79 Å². The summed E-state index contributed by atoms with van der Waals surface area (Å²) in [7, 11) is 0. The maximum absolute atomic E-state index is 12.3. The highest BCUT2D eigenvalue weighted by Gasteiger charge is 2.09. The van der Waals surface area contributed by atoms with E-state index in [2.05, 4.69) is 15.3 Å². The van der Waals surface area contributed by atoms with Crippen LogP contribution in [-0.2, 0) is 5.75 Å². The molecule has 0 spiro atoms. The number of hydrogen-bond donors (Lipinski definition) is 2. The molecule has 0 fully saturated rings. The molecule has 0 saturated carbocycles. The van der Waals surface area contributed by atoms with Gasteiger partial charge in [0.25, 0.3) is 5.91 Å². The van der Waals surface area contributed by atoms with Gasteiger partial charge in [-0.3, -0.25) is 10.1 Å². The molecule has 21 heavy (non-hydrogen) atoms. The molecule has 0 aliphatic carbocycles. The van der Waals surface area contributed by atoms with Crippen LogP contribution >= 0.6 is 11.8 Å². The van der Waals surface area contributed by atoms with Crippen molar-refractivity contribution in [2.45, 2.75) is 5.75 Å². The molecule has 0 atom stereocenters. The van der Waals surface area contributed by atoms with E-state index in [0.717, 1.165) is 22.3 Å². The summed E-state index contributed by atoms with van der Waals surface area (Å²) < 4.78 is 0. The number of fused-ring (bicyclic) bond motifs is 1. The molecule has 1 aromatic heterocycles. The molecular weight excluding hydrogens is 282 g/mol. The van der Waals surface area contributed by atoms with E-state index in [4.69, 9.17) is 0 Å². The Kier molecular flexibility index (Phi) is 3.92. The van der Waals surface area contributed by atoms with Gasteiger partial charge in [-0.05, 0) is 36.1 Å². The summed E-state index contributed by atoms with van der Waals surface area (Å²) in [5.41, 5.74) is 3.52. The Morgan fingerprint density at radius 3 is 2.90 bits per heavy atom. The first-order chi connectivity index (χ1) is 10.3. The number of carbonyl (C=O) groups is 1. The van der Waals surface area contributed by atoms with Crippen LogP contribution < -0.4 is 5.32 Å². The van der Waals surface area contributed by atoms with Crippen LogP contribution in [0.25, 0.3) is 11.0 Å². The largest absolute Gasteiger partial charge is 0.324 e. The maximum Gasteiger partial charge on any atom is 0.257 e. The second-order valence-corrected chi connectivity index (χ2v) is 5.56. The zero-order valence-electron chi connectivity index (χ0n) is 11.6. The van der Waals surface area contributed by atoms with Crippen molar-refractivity contribution in [2.75, 3.05) is 11.6 Å². The quantitative estimate of drug-likeness (QED) is 0.772. The molecule has 0 radical (unpaired) electrons. The fourth-order valence-electron chi connectivity index (χ4n) is 2.16. The number of anilines is 1. The van der Waals surface area contributed by atoms with Gasteiger partial charge in [0.15, 0.2) is 0 Å². The van der Waals surface area contributed by atoms with Crippen molar-refractivity contribution >= 4 is 34.7 Å². The van der Waals surface area contributed by atoms with Gasteiger partial charge in [-0.1, -0.05) is 24.3 Å². The highest BCUT2D eigenvalue weighted by atomic mass is 32.2. The average Bonchev–Trinajstić information content (AvgIpc) is 2.90. The zero-order chi connectivity index (χ0) is 14.7. The van der Waals surface area contributed by atoms with E-state index in [1.54, 1.807) is 11.8 Å². The lowest BCUT2D eigenvalue weighted by Crippen LogP contribution is -2.13. The van der Waals surface area contributed by atoms with E-state index in [1.165, 1.54) is 0 Å². The first kappa shape index (κ1) is 13.7. The predicted molar refractivity (Wildman–Crippen MR) is 87.7 cm³/mol. The molecule has 0 aliphatic rings. The predicted octanol–water partition coefficient (Wildman–Crippen LogP) is 3.68. The van der Waals surface area contributed by atoms with Gasteiger partial charge in [0.05, 0.1) is 11.0 Å². The third kappa shape index (κ3) is 3.08. The Morgan fingerprint density at radius 1 is 1.24 bits per heavy atom. The lowest BCUT2D eigenvalue weighted by molar-refractivity contribution is 0.102. The van der Waals surface area contributed by atoms with Gasteiger partial charge < -0.3 is 4.98 Å². The van der Waals surface area contributed by atoms with Crippen molar-refractivity contribution in [3.05, 3.63) is 59.7 Å². The first-order valence-corrected chi connectivity index (χ1v) is 7.99. The van der Waals surface area contributed by atoms with Crippen LogP contribution in [0.5, 0.6) is 0 Å². The number of nitrogens with zero attached hydrogens (tertiary/aromatic N) is 1. The molecule has 0 unspecified atom stereocenters. The smallest absolute Gasteiger partial charge is 0.257 e. The molecule has 0 aliphatic heterocycles. The summed E-state index contributed by atoms with van der Waals surface area (Å²) in [5, 5.41) is 2.80. The topological polar surface area (TPSA) is 57.8 Å². The number of H-pyrrole nitrogens is 1. The number of amides is 1. The van der Waals surface area contributed by atoms with Crippen LogP contribution in [0.1, 0.15) is 15.9 Å². The number of imidazole rings is 1. The van der Waals surface area contributed by atoms with E-state index in [1.807, 2.05) is 54.8 Å². The van der Waals surface area contributed by atoms with Crippen molar-refractivity contribution < 1.29 is 4.79 Å². The van der Waals surface area contributed by atoms with Crippen molar-refractivity contribution in [2.24, 2.45) is 0 Å². The van der Waals surface area contributed by atoms with Crippen LogP contribution in [0.2, 0.25) is 0 Å². The molecule has 1 amide bonds. The van der Waals surface area contributed by atoms with Crippen LogP contribution in [0.15, 0.2) is 48.5 Å². The fourth-order valence-corrected chi connectivity index (χ4v) is 2.67. The van der Waals surface area contributed by atoms with E-state index in [0.29, 0.717) is 11.5 Å². The summed E-state index contributed by atoms with van der Waals surface area (Å²) in [6, 6.07) is 15.3. The highest BCUT2D eigenvalue weighted by Crippen LogP contribution is 2.15. The lowest BCUT2D eigenvalue weighted by atomic mass is 10.1. The van der Waals surface area contributed by atoms with Crippen LogP contribution in [0.3, 0.4) is 0 Å². The molecule has 106 valence electrons. The van der Waals surface area contributed by atoms with Crippen LogP contribution in [0, 0.1) is 0 Å². The second-order valence-electron chi connectivity index (χ2n) is 4.69. The average molecular weight is 297 g/mol. The van der Waals surface area contributed by atoms with Crippen molar-refractivity contribution in [3.63, 3.8) is 0 Å². The summed E-state index contributed by atoms with van der Waals surface area (Å²) >= 11 is 1.73. The SMILES string of the molecule is CSCc1cccc(C(=O)Nc2nc3ccccc3[nH]2)c1. The molecule has 3 aromatic rings. The molecule has 0 saturated heterocycles. The number of aromatic amines is 1. The Bertz CT molecular complexity index is 749. The summed E-state index contributed by atoms with van der Waals surface area (Å²) in [5.74, 6) is 1.21. The number of carbonyl (C=O) groups excluding carboxylic acids is 1. The standard InChI is InChI=1S/C16H15N3OS/c1-21-10-11-5-4-6-12(9-11)15(20)19-16-17-13-7-2-3-8-14(13)18-16/h2-9H,10H2,1H3,(H2,17,18,19,20). The fraction of sp³-hybridized carbons (Fsp3) is 0.125. The molecule has 1 heterocycles. The number of aromatic nitrogens is 2. The van der Waals surface area contributed by atoms with Crippen molar-refractivity contribution in [1.82, 2.24) is 9.97 Å². The molecule has 0 bridgehead atoms. The number of para-hydroxylation sites is 2. The van der Waals surface area contributed by atoms with E-state index in [-0.39, 0.29) is 5.91 Å². The minimum atomic E-state index is -0.156. The second kappa shape index (κ2) is 6.01. The number of nitrogens with one attached hydrogen (secondary N) is 2. The number of rotatable bonds is 4. The summed E-state index contributed by atoms with van der Waals surface area (Å²) in [6.45, 7) is 0. The number of benzene rings is 2. The Labute approximate surface area is 127 Å². The Balaban J connectivity index is 1.80. The van der Waals surface area contributed by atoms with Gasteiger partial charge in [-0.25, -0.2) is 4.98 Å².